The van der Waals surface area contributed by atoms with Crippen LogP contribution < -0.4 is 0 Å². The minimum Gasteiger partial charge on any atom is -0.443 e. The van der Waals surface area contributed by atoms with E-state index in [1.54, 1.807) is 4.57 Å². The van der Waals surface area contributed by atoms with Gasteiger partial charge in [-0.15, -0.1) is 0 Å². The smallest absolute Gasteiger partial charge is 0.418 e. The highest BCUT2D eigenvalue weighted by atomic mass is 32.4. The van der Waals surface area contributed by atoms with Gasteiger partial charge in [-0.3, -0.25) is 4.57 Å². The Balaban J connectivity index is 2.39. The first kappa shape index (κ1) is 22.1. The number of carbonyl (C=O) groups is 1. The summed E-state index contributed by atoms with van der Waals surface area (Å²) in [4.78, 5) is 13.8. The van der Waals surface area contributed by atoms with Crippen molar-refractivity contribution in [2.24, 2.45) is 0 Å². The van der Waals surface area contributed by atoms with E-state index in [1.165, 1.54) is 4.90 Å². The largest absolute Gasteiger partial charge is 0.443 e. The van der Waals surface area contributed by atoms with Crippen LogP contribution in [0, 0.1) is 0 Å². The van der Waals surface area contributed by atoms with Crippen LogP contribution in [0.2, 0.25) is 16.6 Å². The van der Waals surface area contributed by atoms with Crippen molar-refractivity contribution in [2.45, 2.75) is 89.4 Å². The molecule has 0 bridgehead atoms. The second kappa shape index (κ2) is 8.04. The third-order valence-electron chi connectivity index (χ3n) is 5.25. The molecule has 27 heavy (non-hydrogen) atoms. The lowest BCUT2D eigenvalue weighted by molar-refractivity contribution is 0.0544. The number of rotatable bonds is 5. The number of carbonyl (C=O) groups excluding carboxylic acids is 1. The predicted molar refractivity (Wildman–Crippen MR) is 120 cm³/mol. The molecule has 0 amide bonds. The SMILES string of the molecule is CC(C)[Si](Sc1ccc2c(ccn2C(=O)OC(C)(C)C)c1)(C(C)C)C(C)C. The van der Waals surface area contributed by atoms with E-state index >= 15 is 0 Å². The van der Waals surface area contributed by atoms with Crippen molar-refractivity contribution in [3.8, 4) is 0 Å². The summed E-state index contributed by atoms with van der Waals surface area (Å²) in [7, 11) is -1.58. The van der Waals surface area contributed by atoms with E-state index in [1.807, 2.05) is 33.0 Å². The van der Waals surface area contributed by atoms with Crippen molar-refractivity contribution in [3.63, 3.8) is 0 Å². The standard InChI is InChI=1S/C22H35NO2SSi/c1-15(2)27(16(3)4,17(5)6)26-19-10-11-20-18(14-19)12-13-23(20)21(24)25-22(7,8)9/h10-17H,1-9H3. The van der Waals surface area contributed by atoms with Gasteiger partial charge < -0.3 is 4.74 Å². The Hall–Kier alpha value is -1.20. The van der Waals surface area contributed by atoms with Crippen LogP contribution in [0.3, 0.4) is 0 Å². The molecule has 0 fully saturated rings. The molecule has 0 aliphatic rings. The molecular weight excluding hydrogens is 370 g/mol. The number of benzene rings is 1. The minimum atomic E-state index is -1.58. The molecule has 0 radical (unpaired) electrons. The van der Waals surface area contributed by atoms with Crippen molar-refractivity contribution >= 4 is 35.4 Å². The molecule has 0 N–H and O–H groups in total. The first-order valence-electron chi connectivity index (χ1n) is 9.92. The molecule has 0 aliphatic heterocycles. The van der Waals surface area contributed by atoms with Gasteiger partial charge in [0.2, 0.25) is 0 Å². The maximum Gasteiger partial charge on any atom is 0.418 e. The molecule has 0 unspecified atom stereocenters. The van der Waals surface area contributed by atoms with Gasteiger partial charge in [-0.25, -0.2) is 4.79 Å². The van der Waals surface area contributed by atoms with Crippen molar-refractivity contribution in [1.82, 2.24) is 4.57 Å². The number of aromatic nitrogens is 1. The fourth-order valence-corrected chi connectivity index (χ4v) is 13.4. The Kier molecular flexibility index (Phi) is 6.58. The maximum absolute atomic E-state index is 12.5. The van der Waals surface area contributed by atoms with Crippen LogP contribution in [0.1, 0.15) is 62.3 Å². The molecular formula is C22H35NO2SSi. The summed E-state index contributed by atoms with van der Waals surface area (Å²) in [6, 6.07) is 8.47. The average molecular weight is 406 g/mol. The van der Waals surface area contributed by atoms with Gasteiger partial charge >= 0.3 is 6.09 Å². The quantitative estimate of drug-likeness (QED) is 0.478. The summed E-state index contributed by atoms with van der Waals surface area (Å²) < 4.78 is 7.13. The van der Waals surface area contributed by atoms with Crippen LogP contribution in [0.4, 0.5) is 4.79 Å². The molecule has 150 valence electrons. The van der Waals surface area contributed by atoms with E-state index in [9.17, 15) is 4.79 Å². The predicted octanol–water partition coefficient (Wildman–Crippen LogP) is 7.69. The first-order valence-corrected chi connectivity index (χ1v) is 13.7. The lowest BCUT2D eigenvalue weighted by atomic mass is 10.2. The fourth-order valence-electron chi connectivity index (χ4n) is 4.21. The number of hydrogen-bond donors (Lipinski definition) is 0. The van der Waals surface area contributed by atoms with Crippen LogP contribution in [-0.2, 0) is 4.74 Å². The highest BCUT2D eigenvalue weighted by molar-refractivity contribution is 8.29. The normalized spacial score (nSPS) is 13.2. The molecule has 0 aliphatic carbocycles. The highest BCUT2D eigenvalue weighted by Crippen LogP contribution is 2.52. The van der Waals surface area contributed by atoms with Gasteiger partial charge in [0, 0.05) is 16.5 Å². The van der Waals surface area contributed by atoms with Gasteiger partial charge in [-0.05, 0) is 61.7 Å². The summed E-state index contributed by atoms with van der Waals surface area (Å²) in [5.74, 6) is 0. The molecule has 0 saturated carbocycles. The van der Waals surface area contributed by atoms with Gasteiger partial charge in [0.25, 0.3) is 0 Å². The van der Waals surface area contributed by atoms with Crippen molar-refractivity contribution < 1.29 is 9.53 Å². The second-order valence-corrected chi connectivity index (χ2v) is 17.9. The Labute approximate surface area is 169 Å². The Morgan fingerprint density at radius 2 is 1.56 bits per heavy atom. The van der Waals surface area contributed by atoms with Crippen molar-refractivity contribution in [2.75, 3.05) is 0 Å². The lowest BCUT2D eigenvalue weighted by Crippen LogP contribution is -2.40. The van der Waals surface area contributed by atoms with E-state index in [4.69, 9.17) is 4.74 Å². The summed E-state index contributed by atoms with van der Waals surface area (Å²) in [5.41, 5.74) is 2.50. The Morgan fingerprint density at radius 1 is 1.00 bits per heavy atom. The summed E-state index contributed by atoms with van der Waals surface area (Å²) in [5, 5.41) is 1.09. The van der Waals surface area contributed by atoms with Crippen LogP contribution in [0.5, 0.6) is 0 Å². The molecule has 1 aromatic heterocycles. The highest BCUT2D eigenvalue weighted by Gasteiger charge is 2.44. The van der Waals surface area contributed by atoms with Gasteiger partial charge in [0.1, 0.15) is 12.8 Å². The van der Waals surface area contributed by atoms with Gasteiger partial charge in [-0.2, -0.15) is 11.2 Å². The monoisotopic (exact) mass is 405 g/mol. The van der Waals surface area contributed by atoms with Crippen LogP contribution in [0.15, 0.2) is 35.4 Å². The average Bonchev–Trinajstić information content (AvgIpc) is 2.93. The summed E-state index contributed by atoms with van der Waals surface area (Å²) in [6.07, 6.45) is 1.48. The van der Waals surface area contributed by atoms with Crippen molar-refractivity contribution in [3.05, 3.63) is 30.5 Å². The third kappa shape index (κ3) is 4.62. The fraction of sp³-hybridized carbons (Fsp3) is 0.591. The van der Waals surface area contributed by atoms with Crippen molar-refractivity contribution in [1.29, 1.82) is 0 Å². The Morgan fingerprint density at radius 3 is 2.04 bits per heavy atom. The topological polar surface area (TPSA) is 31.2 Å². The molecule has 0 atom stereocenters. The Bertz CT molecular complexity index is 780. The molecule has 2 rings (SSSR count). The van der Waals surface area contributed by atoms with Gasteiger partial charge in [0.05, 0.1) is 5.52 Å². The number of fused-ring (bicyclic) bond motifs is 1. The van der Waals surface area contributed by atoms with Gasteiger partial charge in [0.15, 0.2) is 0 Å². The molecule has 3 nitrogen and oxygen atoms in total. The zero-order chi connectivity index (χ0) is 20.6. The van der Waals surface area contributed by atoms with E-state index in [2.05, 4.69) is 71.0 Å². The van der Waals surface area contributed by atoms with Gasteiger partial charge in [-0.1, -0.05) is 41.5 Å². The minimum absolute atomic E-state index is 0.326. The molecule has 1 aromatic carbocycles. The molecule has 0 saturated heterocycles. The summed E-state index contributed by atoms with van der Waals surface area (Å²) >= 11 is 2.12. The zero-order valence-corrected chi connectivity index (χ0v) is 20.1. The second-order valence-electron chi connectivity index (χ2n) is 9.31. The lowest BCUT2D eigenvalue weighted by Gasteiger charge is -2.42. The number of ether oxygens (including phenoxy) is 1. The molecule has 5 heteroatoms. The molecule has 2 aromatic rings. The maximum atomic E-state index is 12.5. The van der Waals surface area contributed by atoms with Crippen LogP contribution in [-0.4, -0.2) is 23.5 Å². The van der Waals surface area contributed by atoms with E-state index in [0.29, 0.717) is 16.6 Å². The van der Waals surface area contributed by atoms with E-state index in [0.717, 1.165) is 10.9 Å². The zero-order valence-electron chi connectivity index (χ0n) is 18.3. The third-order valence-corrected chi connectivity index (χ3v) is 17.5. The van der Waals surface area contributed by atoms with E-state index in [-0.39, 0.29) is 6.09 Å². The number of hydrogen-bond acceptors (Lipinski definition) is 3. The molecule has 0 spiro atoms. The van der Waals surface area contributed by atoms with Crippen LogP contribution >= 0.6 is 11.2 Å². The first-order chi connectivity index (χ1) is 12.4. The van der Waals surface area contributed by atoms with Crippen LogP contribution in [0.25, 0.3) is 10.9 Å². The van der Waals surface area contributed by atoms with E-state index < -0.39 is 12.8 Å². The summed E-state index contributed by atoms with van der Waals surface area (Å²) in [6.45, 7) is 20.0. The number of nitrogens with zero attached hydrogens (tertiary/aromatic N) is 1. The molecule has 1 heterocycles.